The molecule has 0 aliphatic heterocycles. The number of esters is 1. The number of carbonyl (C=O) groups is 2. The van der Waals surface area contributed by atoms with Gasteiger partial charge in [0.05, 0.1) is 16.1 Å². The van der Waals surface area contributed by atoms with E-state index in [1.807, 2.05) is 42.6 Å². The van der Waals surface area contributed by atoms with Crippen molar-refractivity contribution in [3.05, 3.63) is 107 Å². The van der Waals surface area contributed by atoms with Crippen molar-refractivity contribution in [1.29, 1.82) is 0 Å². The van der Waals surface area contributed by atoms with E-state index in [4.69, 9.17) is 9.84 Å². The van der Waals surface area contributed by atoms with Gasteiger partial charge in [0.1, 0.15) is 11.5 Å². The highest BCUT2D eigenvalue weighted by Crippen LogP contribution is 2.42. The van der Waals surface area contributed by atoms with Gasteiger partial charge in [0.15, 0.2) is 0 Å². The summed E-state index contributed by atoms with van der Waals surface area (Å²) >= 11 is 1.35. The summed E-state index contributed by atoms with van der Waals surface area (Å²) in [4.78, 5) is 25.2. The van der Waals surface area contributed by atoms with Crippen LogP contribution in [-0.2, 0) is 4.79 Å². The molecule has 6 nitrogen and oxygen atoms in total. The molecule has 0 bridgehead atoms. The zero-order valence-electron chi connectivity index (χ0n) is 20.1. The Labute approximate surface area is 217 Å². The molecule has 0 saturated heterocycles. The molecule has 2 aromatic heterocycles. The van der Waals surface area contributed by atoms with Gasteiger partial charge in [0, 0.05) is 18.2 Å². The van der Waals surface area contributed by atoms with Gasteiger partial charge in [-0.05, 0) is 59.8 Å². The number of nitrogens with one attached hydrogen (secondary N) is 1. The second-order valence-electron chi connectivity index (χ2n) is 8.31. The van der Waals surface area contributed by atoms with Crippen LogP contribution in [0.15, 0.2) is 90.3 Å². The predicted molar refractivity (Wildman–Crippen MR) is 143 cm³/mol. The molecular weight excluding hydrogens is 489 g/mol. The van der Waals surface area contributed by atoms with Crippen molar-refractivity contribution in [2.45, 2.75) is 13.8 Å². The lowest BCUT2D eigenvalue weighted by molar-refractivity contribution is -0.132. The molecule has 37 heavy (non-hydrogen) atoms. The van der Waals surface area contributed by atoms with Crippen molar-refractivity contribution in [3.8, 4) is 34.0 Å². The highest BCUT2D eigenvalue weighted by molar-refractivity contribution is 7.12. The van der Waals surface area contributed by atoms with E-state index >= 15 is 0 Å². The van der Waals surface area contributed by atoms with Gasteiger partial charge >= 0.3 is 5.97 Å². The zero-order chi connectivity index (χ0) is 25.9. The maximum atomic E-state index is 15.0. The molecule has 8 heteroatoms. The Morgan fingerprint density at radius 3 is 2.35 bits per heavy atom. The first kappa shape index (κ1) is 24.1. The molecule has 5 rings (SSSR count). The third kappa shape index (κ3) is 4.92. The summed E-state index contributed by atoms with van der Waals surface area (Å²) in [5, 5.41) is 9.44. The number of para-hydroxylation sites is 1. The monoisotopic (exact) mass is 511 g/mol. The predicted octanol–water partition coefficient (Wildman–Crippen LogP) is 6.89. The van der Waals surface area contributed by atoms with E-state index in [1.165, 1.54) is 29.0 Å². The maximum Gasteiger partial charge on any atom is 0.309 e. The number of carbonyl (C=O) groups excluding carboxylic acids is 2. The smallest absolute Gasteiger partial charge is 0.309 e. The number of nitrogens with zero attached hydrogens (tertiary/aromatic N) is 2. The molecule has 2 heterocycles. The van der Waals surface area contributed by atoms with Crippen molar-refractivity contribution in [2.24, 2.45) is 0 Å². The number of thiophene rings is 1. The number of hydrogen-bond donors (Lipinski definition) is 1. The van der Waals surface area contributed by atoms with Crippen LogP contribution in [-0.4, -0.2) is 21.7 Å². The second kappa shape index (κ2) is 10.2. The third-order valence-corrected chi connectivity index (χ3v) is 6.60. The maximum absolute atomic E-state index is 15.0. The largest absolute Gasteiger partial charge is 0.407 e. The summed E-state index contributed by atoms with van der Waals surface area (Å²) in [5.41, 5.74) is 3.89. The number of amides is 1. The molecule has 3 aromatic carbocycles. The molecule has 5 aromatic rings. The Kier molecular flexibility index (Phi) is 6.66. The number of aryl methyl sites for hydroxylation is 1. The number of aromatic nitrogens is 2. The van der Waals surface area contributed by atoms with E-state index in [0.717, 1.165) is 5.56 Å². The van der Waals surface area contributed by atoms with Gasteiger partial charge in [-0.25, -0.2) is 4.39 Å². The van der Waals surface area contributed by atoms with Crippen LogP contribution < -0.4 is 10.1 Å². The van der Waals surface area contributed by atoms with Gasteiger partial charge in [-0.15, -0.1) is 11.3 Å². The van der Waals surface area contributed by atoms with E-state index in [1.54, 1.807) is 48.5 Å². The van der Waals surface area contributed by atoms with Crippen LogP contribution in [0.2, 0.25) is 0 Å². The lowest BCUT2D eigenvalue weighted by Crippen LogP contribution is -2.10. The standard InChI is InChI=1S/C29H22FN3O3S/c1-18-8-3-6-11-24(18)33-29(36-19(2)34)26(27(32-33)22-9-4-5-10-23(22)30)20-13-15-21(16-14-20)31-28(35)25-12-7-17-37-25/h3-17H,1-2H3,(H,31,35). The summed E-state index contributed by atoms with van der Waals surface area (Å²) in [7, 11) is 0. The molecule has 0 aliphatic carbocycles. The van der Waals surface area contributed by atoms with Gasteiger partial charge in [-0.3, -0.25) is 9.59 Å². The van der Waals surface area contributed by atoms with E-state index in [2.05, 4.69) is 5.32 Å². The van der Waals surface area contributed by atoms with Crippen LogP contribution >= 0.6 is 11.3 Å². The fourth-order valence-electron chi connectivity index (χ4n) is 4.02. The van der Waals surface area contributed by atoms with Gasteiger partial charge < -0.3 is 10.1 Å². The Bertz CT molecular complexity index is 1590. The first-order valence-corrected chi connectivity index (χ1v) is 12.4. The number of hydrogen-bond acceptors (Lipinski definition) is 5. The molecular formula is C29H22FN3O3S. The van der Waals surface area contributed by atoms with Crippen LogP contribution in [0.25, 0.3) is 28.1 Å². The summed E-state index contributed by atoms with van der Waals surface area (Å²) in [6.07, 6.45) is 0. The molecule has 0 fully saturated rings. The molecule has 1 amide bonds. The Morgan fingerprint density at radius 2 is 1.68 bits per heavy atom. The summed E-state index contributed by atoms with van der Waals surface area (Å²) in [5.74, 6) is -1.01. The van der Waals surface area contributed by atoms with Gasteiger partial charge in [-0.2, -0.15) is 9.78 Å². The molecule has 0 radical (unpaired) electrons. The van der Waals surface area contributed by atoms with Gasteiger partial charge in [0.2, 0.25) is 5.88 Å². The second-order valence-corrected chi connectivity index (χ2v) is 9.26. The fourth-order valence-corrected chi connectivity index (χ4v) is 4.64. The van der Waals surface area contributed by atoms with Crippen molar-refractivity contribution in [1.82, 2.24) is 9.78 Å². The minimum Gasteiger partial charge on any atom is -0.407 e. The minimum atomic E-state index is -0.532. The first-order valence-electron chi connectivity index (χ1n) is 11.5. The fraction of sp³-hybridized carbons (Fsp3) is 0.0690. The van der Waals surface area contributed by atoms with Crippen LogP contribution in [0.3, 0.4) is 0 Å². The van der Waals surface area contributed by atoms with Crippen molar-refractivity contribution in [2.75, 3.05) is 5.32 Å². The van der Waals surface area contributed by atoms with Crippen molar-refractivity contribution >= 4 is 28.9 Å². The quantitative estimate of drug-likeness (QED) is 0.252. The summed E-state index contributed by atoms with van der Waals surface area (Å²) in [6, 6.07) is 24.5. The minimum absolute atomic E-state index is 0.176. The van der Waals surface area contributed by atoms with Crippen LogP contribution in [0.5, 0.6) is 5.88 Å². The van der Waals surface area contributed by atoms with Crippen molar-refractivity contribution < 1.29 is 18.7 Å². The lowest BCUT2D eigenvalue weighted by atomic mass is 10.0. The third-order valence-electron chi connectivity index (χ3n) is 5.73. The number of benzene rings is 3. The molecule has 0 saturated carbocycles. The van der Waals surface area contributed by atoms with Gasteiger partial charge in [0.25, 0.3) is 5.91 Å². The van der Waals surface area contributed by atoms with Crippen molar-refractivity contribution in [3.63, 3.8) is 0 Å². The summed E-state index contributed by atoms with van der Waals surface area (Å²) < 4.78 is 22.2. The van der Waals surface area contributed by atoms with Crippen LogP contribution in [0.1, 0.15) is 22.2 Å². The number of anilines is 1. The van der Waals surface area contributed by atoms with E-state index in [-0.39, 0.29) is 17.4 Å². The molecule has 0 atom stereocenters. The Morgan fingerprint density at radius 1 is 0.946 bits per heavy atom. The van der Waals surface area contributed by atoms with Gasteiger partial charge in [-0.1, -0.05) is 48.5 Å². The number of ether oxygens (including phenoxy) is 1. The highest BCUT2D eigenvalue weighted by Gasteiger charge is 2.26. The zero-order valence-corrected chi connectivity index (χ0v) is 20.9. The Balaban J connectivity index is 1.67. The molecule has 0 unspecified atom stereocenters. The van der Waals surface area contributed by atoms with Crippen LogP contribution in [0, 0.1) is 12.7 Å². The SMILES string of the molecule is CC(=O)Oc1c(-c2ccc(NC(=O)c3cccs3)cc2)c(-c2ccccc2F)nn1-c1ccccc1C. The average Bonchev–Trinajstić information content (AvgIpc) is 3.54. The summed E-state index contributed by atoms with van der Waals surface area (Å²) in [6.45, 7) is 3.23. The molecule has 0 spiro atoms. The van der Waals surface area contributed by atoms with E-state index in [0.29, 0.717) is 33.1 Å². The lowest BCUT2D eigenvalue weighted by Gasteiger charge is -2.11. The van der Waals surface area contributed by atoms with E-state index in [9.17, 15) is 14.0 Å². The Hall–Kier alpha value is -4.56. The molecule has 1 N–H and O–H groups in total. The average molecular weight is 512 g/mol. The topological polar surface area (TPSA) is 73.2 Å². The number of halogens is 1. The normalized spacial score (nSPS) is 10.8. The molecule has 184 valence electrons. The van der Waals surface area contributed by atoms with Crippen LogP contribution in [0.4, 0.5) is 10.1 Å². The highest BCUT2D eigenvalue weighted by atomic mass is 32.1. The first-order chi connectivity index (χ1) is 17.9. The van der Waals surface area contributed by atoms with E-state index < -0.39 is 11.8 Å². The molecule has 0 aliphatic rings. The number of rotatable bonds is 6.